The van der Waals surface area contributed by atoms with E-state index in [-0.39, 0.29) is 10.6 Å². The quantitative estimate of drug-likeness (QED) is 0.648. The fourth-order valence-electron chi connectivity index (χ4n) is 2.09. The molecule has 0 aliphatic heterocycles. The first-order valence-electron chi connectivity index (χ1n) is 6.57. The van der Waals surface area contributed by atoms with E-state index in [1.54, 1.807) is 23.6 Å². The van der Waals surface area contributed by atoms with Crippen molar-refractivity contribution in [2.75, 3.05) is 6.54 Å². The number of nitrogens with one attached hydrogen (secondary N) is 3. The second-order valence-corrected chi connectivity index (χ2v) is 7.87. The topological polar surface area (TPSA) is 108 Å². The second kappa shape index (κ2) is 5.67. The van der Waals surface area contributed by atoms with Crippen LogP contribution in [0.25, 0.3) is 11.0 Å². The number of fused-ring (bicyclic) bond motifs is 1. The highest BCUT2D eigenvalue weighted by molar-refractivity contribution is 7.89. The highest BCUT2D eigenvalue weighted by atomic mass is 32.2. The minimum atomic E-state index is -3.61. The van der Waals surface area contributed by atoms with Crippen molar-refractivity contribution in [3.63, 3.8) is 0 Å². The third-order valence-corrected chi connectivity index (χ3v) is 5.56. The Morgan fingerprint density at radius 2 is 2.05 bits per heavy atom. The molecule has 0 unspecified atom stereocenters. The third-order valence-electron chi connectivity index (χ3n) is 3.13. The van der Waals surface area contributed by atoms with Crippen LogP contribution in [0.15, 0.2) is 34.1 Å². The zero-order chi connectivity index (χ0) is 15.7. The van der Waals surface area contributed by atoms with E-state index in [9.17, 15) is 13.2 Å². The highest BCUT2D eigenvalue weighted by Crippen LogP contribution is 2.15. The lowest BCUT2D eigenvalue weighted by Crippen LogP contribution is -2.25. The monoisotopic (exact) mass is 338 g/mol. The van der Waals surface area contributed by atoms with Gasteiger partial charge in [0.2, 0.25) is 10.0 Å². The zero-order valence-electron chi connectivity index (χ0n) is 11.7. The number of imidazole rings is 1. The van der Waals surface area contributed by atoms with E-state index in [0.717, 1.165) is 9.88 Å². The smallest absolute Gasteiger partial charge is 0.306 e. The SMILES string of the molecule is Cc1ncc(CCNS(=O)(=O)c2ccc3[nH]c(=O)[nH]c3c2)s1. The van der Waals surface area contributed by atoms with Crippen molar-refractivity contribution in [3.05, 3.63) is 44.8 Å². The summed E-state index contributed by atoms with van der Waals surface area (Å²) in [6.45, 7) is 2.21. The van der Waals surface area contributed by atoms with Gasteiger partial charge < -0.3 is 9.97 Å². The summed E-state index contributed by atoms with van der Waals surface area (Å²) in [4.78, 5) is 21.6. The van der Waals surface area contributed by atoms with Crippen LogP contribution in [-0.2, 0) is 16.4 Å². The number of aromatic nitrogens is 3. The standard InChI is InChI=1S/C13H14N4O3S2/c1-8-14-7-9(21-8)4-5-15-22(19,20)10-2-3-11-12(6-10)17-13(18)16-11/h2-3,6-7,15H,4-5H2,1H3,(H2,16,17,18). The molecule has 0 aliphatic rings. The molecule has 0 saturated heterocycles. The number of sulfonamides is 1. The molecule has 0 saturated carbocycles. The first kappa shape index (κ1) is 14.9. The van der Waals surface area contributed by atoms with Crippen molar-refractivity contribution in [3.8, 4) is 0 Å². The summed E-state index contributed by atoms with van der Waals surface area (Å²) in [5, 5.41) is 0.958. The van der Waals surface area contributed by atoms with E-state index in [1.165, 1.54) is 12.1 Å². The summed E-state index contributed by atoms with van der Waals surface area (Å²) in [7, 11) is -3.61. The van der Waals surface area contributed by atoms with E-state index >= 15 is 0 Å². The average Bonchev–Trinajstić information content (AvgIpc) is 3.02. The molecule has 7 nitrogen and oxygen atoms in total. The summed E-state index contributed by atoms with van der Waals surface area (Å²) in [6.07, 6.45) is 2.35. The van der Waals surface area contributed by atoms with Gasteiger partial charge in [0, 0.05) is 17.6 Å². The Morgan fingerprint density at radius 1 is 1.27 bits per heavy atom. The van der Waals surface area contributed by atoms with Crippen molar-refractivity contribution in [1.29, 1.82) is 0 Å². The van der Waals surface area contributed by atoms with E-state index in [1.807, 2.05) is 6.92 Å². The maximum atomic E-state index is 12.3. The third kappa shape index (κ3) is 3.11. The van der Waals surface area contributed by atoms with Crippen molar-refractivity contribution in [1.82, 2.24) is 19.7 Å². The molecule has 22 heavy (non-hydrogen) atoms. The molecule has 9 heteroatoms. The van der Waals surface area contributed by atoms with Gasteiger partial charge in [0.05, 0.1) is 20.9 Å². The molecule has 3 rings (SSSR count). The van der Waals surface area contributed by atoms with Gasteiger partial charge in [-0.25, -0.2) is 22.9 Å². The van der Waals surface area contributed by atoms with Crippen molar-refractivity contribution in [2.24, 2.45) is 0 Å². The number of aromatic amines is 2. The maximum absolute atomic E-state index is 12.3. The molecule has 0 atom stereocenters. The first-order valence-corrected chi connectivity index (χ1v) is 8.87. The van der Waals surface area contributed by atoms with Crippen molar-refractivity contribution >= 4 is 32.4 Å². The lowest BCUT2D eigenvalue weighted by molar-refractivity contribution is 0.582. The number of H-pyrrole nitrogens is 2. The average molecular weight is 338 g/mol. The van der Waals surface area contributed by atoms with Gasteiger partial charge in [-0.05, 0) is 31.5 Å². The normalized spacial score (nSPS) is 12.0. The Hall–Kier alpha value is -1.97. The number of nitrogens with zero attached hydrogens (tertiary/aromatic N) is 1. The minimum Gasteiger partial charge on any atom is -0.306 e. The Kier molecular flexibility index (Phi) is 3.85. The maximum Gasteiger partial charge on any atom is 0.323 e. The van der Waals surface area contributed by atoms with Crippen LogP contribution < -0.4 is 10.4 Å². The van der Waals surface area contributed by atoms with E-state index in [0.29, 0.717) is 24.0 Å². The van der Waals surface area contributed by atoms with Crippen LogP contribution in [0.3, 0.4) is 0 Å². The minimum absolute atomic E-state index is 0.121. The Labute approximate surface area is 130 Å². The van der Waals surface area contributed by atoms with Crippen molar-refractivity contribution in [2.45, 2.75) is 18.2 Å². The van der Waals surface area contributed by atoms with Crippen LogP contribution >= 0.6 is 11.3 Å². The molecule has 0 aliphatic carbocycles. The molecule has 2 heterocycles. The predicted molar refractivity (Wildman–Crippen MR) is 84.7 cm³/mol. The van der Waals surface area contributed by atoms with Gasteiger partial charge >= 0.3 is 5.69 Å². The van der Waals surface area contributed by atoms with Gasteiger partial charge in [-0.3, -0.25) is 0 Å². The Morgan fingerprint density at radius 3 is 2.77 bits per heavy atom. The summed E-state index contributed by atoms with van der Waals surface area (Å²) >= 11 is 1.55. The van der Waals surface area contributed by atoms with Gasteiger partial charge in [0.25, 0.3) is 0 Å². The molecule has 0 bridgehead atoms. The summed E-state index contributed by atoms with van der Waals surface area (Å²) in [6, 6.07) is 4.46. The number of benzene rings is 1. The zero-order valence-corrected chi connectivity index (χ0v) is 13.3. The molecular formula is C13H14N4O3S2. The van der Waals surface area contributed by atoms with Crippen LogP contribution in [0, 0.1) is 6.92 Å². The van der Waals surface area contributed by atoms with Crippen LogP contribution in [0.2, 0.25) is 0 Å². The van der Waals surface area contributed by atoms with Crippen molar-refractivity contribution < 1.29 is 8.42 Å². The van der Waals surface area contributed by atoms with Gasteiger partial charge in [-0.15, -0.1) is 11.3 Å². The molecule has 116 valence electrons. The number of hydrogen-bond acceptors (Lipinski definition) is 5. The fourth-order valence-corrected chi connectivity index (χ4v) is 3.94. The molecule has 3 N–H and O–H groups in total. The fraction of sp³-hybridized carbons (Fsp3) is 0.231. The number of rotatable bonds is 5. The predicted octanol–water partition coefficient (Wildman–Crippen LogP) is 1.14. The molecule has 0 fully saturated rings. The van der Waals surface area contributed by atoms with Crippen LogP contribution in [0.4, 0.5) is 0 Å². The van der Waals surface area contributed by atoms with E-state index < -0.39 is 10.0 Å². The second-order valence-electron chi connectivity index (χ2n) is 4.78. The van der Waals surface area contributed by atoms with Crippen LogP contribution in [0.5, 0.6) is 0 Å². The lowest BCUT2D eigenvalue weighted by Gasteiger charge is -2.06. The summed E-state index contributed by atoms with van der Waals surface area (Å²) < 4.78 is 27.1. The number of thiazole rings is 1. The van der Waals surface area contributed by atoms with Gasteiger partial charge in [0.15, 0.2) is 0 Å². The molecule has 3 aromatic rings. The number of aryl methyl sites for hydroxylation is 1. The molecule has 1 aromatic carbocycles. The molecule has 0 spiro atoms. The summed E-state index contributed by atoms with van der Waals surface area (Å²) in [5.41, 5.74) is 0.674. The molecule has 0 radical (unpaired) electrons. The molecule has 0 amide bonds. The Bertz CT molecular complexity index is 969. The largest absolute Gasteiger partial charge is 0.323 e. The first-order chi connectivity index (χ1) is 10.4. The Balaban J connectivity index is 1.74. The van der Waals surface area contributed by atoms with Gasteiger partial charge in [-0.2, -0.15) is 0 Å². The number of hydrogen-bond donors (Lipinski definition) is 3. The highest BCUT2D eigenvalue weighted by Gasteiger charge is 2.15. The van der Waals surface area contributed by atoms with Crippen LogP contribution in [0.1, 0.15) is 9.88 Å². The van der Waals surface area contributed by atoms with E-state index in [4.69, 9.17) is 0 Å². The van der Waals surface area contributed by atoms with Crippen LogP contribution in [-0.4, -0.2) is 29.9 Å². The van der Waals surface area contributed by atoms with E-state index in [2.05, 4.69) is 19.7 Å². The molecule has 2 aromatic heterocycles. The summed E-state index contributed by atoms with van der Waals surface area (Å²) in [5.74, 6) is 0. The lowest BCUT2D eigenvalue weighted by atomic mass is 10.3. The molecular weight excluding hydrogens is 324 g/mol. The van der Waals surface area contributed by atoms with Gasteiger partial charge in [-0.1, -0.05) is 0 Å². The van der Waals surface area contributed by atoms with Gasteiger partial charge in [0.1, 0.15) is 0 Å².